The molecule has 0 amide bonds. The quantitative estimate of drug-likeness (QED) is 0.651. The fourth-order valence-corrected chi connectivity index (χ4v) is 2.23. The first-order valence-corrected chi connectivity index (χ1v) is 6.57. The smallest absolute Gasteiger partial charge is 0.119 e. The highest BCUT2D eigenvalue weighted by atomic mass is 16.3. The maximum atomic E-state index is 9.81. The minimum absolute atomic E-state index is 0.463. The molecule has 0 aliphatic carbocycles. The van der Waals surface area contributed by atoms with E-state index in [0.29, 0.717) is 11.7 Å². The Morgan fingerprint density at radius 3 is 2.44 bits per heavy atom. The van der Waals surface area contributed by atoms with Gasteiger partial charge in [-0.3, -0.25) is 0 Å². The van der Waals surface area contributed by atoms with Crippen LogP contribution in [-0.2, 0) is 0 Å². The zero-order valence-electron chi connectivity index (χ0n) is 10.6. The number of hydrogen-bond acceptors (Lipinski definition) is 1. The van der Waals surface area contributed by atoms with Crippen molar-refractivity contribution in [2.45, 2.75) is 58.3 Å². The molecule has 0 spiro atoms. The van der Waals surface area contributed by atoms with Crippen molar-refractivity contribution in [1.29, 1.82) is 0 Å². The molecule has 16 heavy (non-hydrogen) atoms. The van der Waals surface area contributed by atoms with Gasteiger partial charge >= 0.3 is 0 Å². The summed E-state index contributed by atoms with van der Waals surface area (Å²) in [6, 6.07) is 7.76. The molecule has 0 radical (unpaired) electrons. The molecule has 1 nitrogen and oxygen atoms in total. The minimum atomic E-state index is 0.463. The zero-order valence-corrected chi connectivity index (χ0v) is 10.6. The van der Waals surface area contributed by atoms with E-state index in [9.17, 15) is 5.11 Å². The Kier molecular flexibility index (Phi) is 5.99. The number of hydrogen-bond donors (Lipinski definition) is 1. The van der Waals surface area contributed by atoms with Crippen LogP contribution in [-0.4, -0.2) is 5.11 Å². The van der Waals surface area contributed by atoms with Crippen molar-refractivity contribution in [3.05, 3.63) is 29.8 Å². The molecule has 1 atom stereocenters. The van der Waals surface area contributed by atoms with Crippen molar-refractivity contribution in [2.75, 3.05) is 0 Å². The van der Waals surface area contributed by atoms with E-state index in [-0.39, 0.29) is 0 Å². The summed E-state index contributed by atoms with van der Waals surface area (Å²) < 4.78 is 0. The van der Waals surface area contributed by atoms with E-state index in [1.54, 1.807) is 6.07 Å². The van der Waals surface area contributed by atoms with Crippen LogP contribution < -0.4 is 0 Å². The molecule has 1 aromatic carbocycles. The molecule has 0 aliphatic heterocycles. The Morgan fingerprint density at radius 1 is 1.06 bits per heavy atom. The van der Waals surface area contributed by atoms with Crippen molar-refractivity contribution >= 4 is 0 Å². The average Bonchev–Trinajstić information content (AvgIpc) is 2.31. The normalized spacial score (nSPS) is 12.6. The number of benzene rings is 1. The predicted octanol–water partition coefficient (Wildman–Crippen LogP) is 4.86. The highest BCUT2D eigenvalue weighted by Gasteiger charge is 2.12. The highest BCUT2D eigenvalue weighted by molar-refractivity contribution is 5.34. The van der Waals surface area contributed by atoms with Gasteiger partial charge in [0.25, 0.3) is 0 Å². The summed E-state index contributed by atoms with van der Waals surface area (Å²) in [5.74, 6) is 0.989. The molecule has 0 bridgehead atoms. The minimum Gasteiger partial charge on any atom is -0.508 e. The van der Waals surface area contributed by atoms with Crippen molar-refractivity contribution in [2.24, 2.45) is 0 Å². The summed E-state index contributed by atoms with van der Waals surface area (Å²) in [6.45, 7) is 4.44. The Morgan fingerprint density at radius 2 is 1.81 bits per heavy atom. The third-order valence-corrected chi connectivity index (χ3v) is 3.28. The summed E-state index contributed by atoms with van der Waals surface area (Å²) in [5.41, 5.74) is 1.13. The molecular weight excluding hydrogens is 196 g/mol. The van der Waals surface area contributed by atoms with Gasteiger partial charge in [-0.1, -0.05) is 57.7 Å². The lowest BCUT2D eigenvalue weighted by Gasteiger charge is -2.16. The monoisotopic (exact) mass is 220 g/mol. The lowest BCUT2D eigenvalue weighted by molar-refractivity contribution is 0.450. The summed E-state index contributed by atoms with van der Waals surface area (Å²) in [6.07, 6.45) is 7.53. The fraction of sp³-hybridized carbons (Fsp3) is 0.600. The van der Waals surface area contributed by atoms with Gasteiger partial charge in [0, 0.05) is 0 Å². The second-order valence-corrected chi connectivity index (χ2v) is 4.51. The molecule has 90 valence electrons. The van der Waals surface area contributed by atoms with Crippen molar-refractivity contribution in [1.82, 2.24) is 0 Å². The lowest BCUT2D eigenvalue weighted by Crippen LogP contribution is -1.98. The van der Waals surface area contributed by atoms with Crippen molar-refractivity contribution in [3.8, 4) is 5.75 Å². The van der Waals surface area contributed by atoms with E-state index in [2.05, 4.69) is 19.9 Å². The molecule has 0 saturated heterocycles. The maximum Gasteiger partial charge on any atom is 0.119 e. The average molecular weight is 220 g/mol. The SMILES string of the molecule is CCCCCCC(CC)c1ccccc1O. The van der Waals surface area contributed by atoms with Crippen LogP contribution in [0.25, 0.3) is 0 Å². The van der Waals surface area contributed by atoms with Gasteiger partial charge in [0.05, 0.1) is 0 Å². The first-order chi connectivity index (χ1) is 7.79. The molecule has 0 aromatic heterocycles. The van der Waals surface area contributed by atoms with Crippen LogP contribution in [0.15, 0.2) is 24.3 Å². The number of phenols is 1. The highest BCUT2D eigenvalue weighted by Crippen LogP contribution is 2.31. The van der Waals surface area contributed by atoms with E-state index in [4.69, 9.17) is 0 Å². The second-order valence-electron chi connectivity index (χ2n) is 4.51. The number of phenolic OH excluding ortho intramolecular Hbond substituents is 1. The van der Waals surface area contributed by atoms with Gasteiger partial charge in [0.1, 0.15) is 5.75 Å². The van der Waals surface area contributed by atoms with Crippen molar-refractivity contribution < 1.29 is 5.11 Å². The summed E-state index contributed by atoms with van der Waals surface area (Å²) in [5, 5.41) is 9.81. The lowest BCUT2D eigenvalue weighted by atomic mass is 9.90. The van der Waals surface area contributed by atoms with Crippen LogP contribution in [0.3, 0.4) is 0 Å². The van der Waals surface area contributed by atoms with Crippen LogP contribution >= 0.6 is 0 Å². The number of unbranched alkanes of at least 4 members (excludes halogenated alkanes) is 3. The van der Waals surface area contributed by atoms with Crippen LogP contribution in [0.2, 0.25) is 0 Å². The third kappa shape index (κ3) is 3.88. The van der Waals surface area contributed by atoms with Gasteiger partial charge in [0.15, 0.2) is 0 Å². The Balaban J connectivity index is 2.51. The number of aromatic hydroxyl groups is 1. The van der Waals surface area contributed by atoms with E-state index < -0.39 is 0 Å². The third-order valence-electron chi connectivity index (χ3n) is 3.28. The molecular formula is C15H24O. The standard InChI is InChI=1S/C15H24O/c1-3-5-6-7-10-13(4-2)14-11-8-9-12-15(14)16/h8-9,11-13,16H,3-7,10H2,1-2H3. The van der Waals surface area contributed by atoms with E-state index in [1.807, 2.05) is 12.1 Å². The topological polar surface area (TPSA) is 20.2 Å². The predicted molar refractivity (Wildman–Crippen MR) is 69.9 cm³/mol. The van der Waals surface area contributed by atoms with Gasteiger partial charge < -0.3 is 5.11 Å². The van der Waals surface area contributed by atoms with E-state index in [1.165, 1.54) is 32.1 Å². The molecule has 1 aromatic rings. The summed E-state index contributed by atoms with van der Waals surface area (Å²) in [7, 11) is 0. The number of rotatable bonds is 7. The molecule has 1 N–H and O–H groups in total. The van der Waals surface area contributed by atoms with Crippen molar-refractivity contribution in [3.63, 3.8) is 0 Å². The Hall–Kier alpha value is -0.980. The summed E-state index contributed by atoms with van der Waals surface area (Å²) in [4.78, 5) is 0. The van der Waals surface area contributed by atoms with Crippen LogP contribution in [0.1, 0.15) is 63.9 Å². The Bertz CT molecular complexity index is 293. The van der Waals surface area contributed by atoms with E-state index in [0.717, 1.165) is 12.0 Å². The summed E-state index contributed by atoms with van der Waals surface area (Å²) >= 11 is 0. The Labute approximate surface area is 99.5 Å². The van der Waals surface area contributed by atoms with Gasteiger partial charge in [-0.2, -0.15) is 0 Å². The largest absolute Gasteiger partial charge is 0.508 e. The maximum absolute atomic E-state index is 9.81. The zero-order chi connectivity index (χ0) is 11.8. The molecule has 0 saturated carbocycles. The van der Waals surface area contributed by atoms with E-state index >= 15 is 0 Å². The molecule has 1 rings (SSSR count). The molecule has 1 unspecified atom stereocenters. The molecule has 0 fully saturated rings. The first kappa shape index (κ1) is 13.1. The first-order valence-electron chi connectivity index (χ1n) is 6.57. The molecule has 1 heteroatoms. The van der Waals surface area contributed by atoms with Gasteiger partial charge in [-0.25, -0.2) is 0 Å². The van der Waals surface area contributed by atoms with Crippen LogP contribution in [0.4, 0.5) is 0 Å². The van der Waals surface area contributed by atoms with Crippen LogP contribution in [0, 0.1) is 0 Å². The molecule has 0 heterocycles. The number of para-hydroxylation sites is 1. The second kappa shape index (κ2) is 7.32. The molecule has 0 aliphatic rings. The van der Waals surface area contributed by atoms with Crippen LogP contribution in [0.5, 0.6) is 5.75 Å². The van der Waals surface area contributed by atoms with Gasteiger partial charge in [-0.05, 0) is 30.4 Å². The fourth-order valence-electron chi connectivity index (χ4n) is 2.23. The van der Waals surface area contributed by atoms with Gasteiger partial charge in [-0.15, -0.1) is 0 Å². The van der Waals surface area contributed by atoms with Gasteiger partial charge in [0.2, 0.25) is 0 Å².